The second kappa shape index (κ2) is 13.6. The van der Waals surface area contributed by atoms with Crippen LogP contribution in [0.25, 0.3) is 0 Å². The second-order valence-corrected chi connectivity index (χ2v) is 12.0. The van der Waals surface area contributed by atoms with Gasteiger partial charge >= 0.3 is 6.03 Å². The molecule has 1 N–H and O–H groups in total. The van der Waals surface area contributed by atoms with E-state index >= 15 is 0 Å². The van der Waals surface area contributed by atoms with Gasteiger partial charge in [-0.15, -0.1) is 0 Å². The van der Waals surface area contributed by atoms with Crippen molar-refractivity contribution in [1.82, 2.24) is 20.1 Å². The molecule has 0 spiro atoms. The quantitative estimate of drug-likeness (QED) is 0.480. The normalized spacial score (nSPS) is 17.5. The summed E-state index contributed by atoms with van der Waals surface area (Å²) in [5.74, 6) is 0.943. The SMILES string of the molecule is COc1ccc([C@@H]2CC(c3ccc(C)c(C)c3)=NN2C(=O)CN(CCN2CCOCC2)C(=O)NC(C)(C)C)cc1OC. The Morgan fingerprint density at radius 2 is 1.74 bits per heavy atom. The first-order valence-electron chi connectivity index (χ1n) is 14.6. The molecule has 4 rings (SSSR count). The average Bonchev–Trinajstić information content (AvgIpc) is 3.41. The van der Waals surface area contributed by atoms with Gasteiger partial charge in [0.05, 0.1) is 39.2 Å². The Hall–Kier alpha value is -3.63. The van der Waals surface area contributed by atoms with Gasteiger partial charge in [0.15, 0.2) is 11.5 Å². The summed E-state index contributed by atoms with van der Waals surface area (Å²) in [6.45, 7) is 13.9. The predicted octanol–water partition coefficient (Wildman–Crippen LogP) is 4.14. The van der Waals surface area contributed by atoms with Crippen molar-refractivity contribution < 1.29 is 23.8 Å². The van der Waals surface area contributed by atoms with Crippen molar-refractivity contribution in [3.63, 3.8) is 0 Å². The topological polar surface area (TPSA) is 95.9 Å². The zero-order chi connectivity index (χ0) is 30.4. The summed E-state index contributed by atoms with van der Waals surface area (Å²) < 4.78 is 16.5. The standard InChI is InChI=1S/C32H45N5O5/c1-22-8-9-24(18-23(22)2)26-20-27(25-10-11-28(40-6)29(19-25)41-7)37(34-26)30(38)21-36(31(39)33-32(3,4)5)13-12-35-14-16-42-17-15-35/h8-11,18-19,27H,12-17,20-21H2,1-7H3,(H,33,39)/t27-/m0/s1. The van der Waals surface area contributed by atoms with Crippen LogP contribution >= 0.6 is 0 Å². The molecule has 3 amide bonds. The van der Waals surface area contributed by atoms with E-state index in [2.05, 4.69) is 36.2 Å². The number of urea groups is 1. The maximum atomic E-state index is 14.0. The molecule has 0 saturated carbocycles. The number of methoxy groups -OCH3 is 2. The number of hydrazone groups is 1. The molecule has 2 aliphatic rings. The monoisotopic (exact) mass is 579 g/mol. The summed E-state index contributed by atoms with van der Waals surface area (Å²) in [5, 5.41) is 9.43. The molecule has 2 aliphatic heterocycles. The van der Waals surface area contributed by atoms with Crippen molar-refractivity contribution in [2.45, 2.75) is 52.6 Å². The molecule has 10 heteroatoms. The highest BCUT2D eigenvalue weighted by molar-refractivity contribution is 6.03. The molecular weight excluding hydrogens is 534 g/mol. The predicted molar refractivity (Wildman–Crippen MR) is 163 cm³/mol. The van der Waals surface area contributed by atoms with Crippen molar-refractivity contribution in [2.24, 2.45) is 5.10 Å². The van der Waals surface area contributed by atoms with Gasteiger partial charge in [0.25, 0.3) is 5.91 Å². The van der Waals surface area contributed by atoms with E-state index in [1.165, 1.54) is 10.6 Å². The Kier molecular flexibility index (Phi) is 10.1. The van der Waals surface area contributed by atoms with Gasteiger partial charge in [-0.2, -0.15) is 5.10 Å². The largest absolute Gasteiger partial charge is 0.493 e. The lowest BCUT2D eigenvalue weighted by Gasteiger charge is -2.33. The molecule has 1 saturated heterocycles. The Bertz CT molecular complexity index is 1300. The number of amides is 3. The minimum atomic E-state index is -0.443. The first kappa shape index (κ1) is 31.3. The third-order valence-electron chi connectivity index (χ3n) is 7.68. The Morgan fingerprint density at radius 3 is 2.38 bits per heavy atom. The number of carbonyl (C=O) groups is 2. The first-order valence-corrected chi connectivity index (χ1v) is 14.6. The molecule has 0 aromatic heterocycles. The molecule has 228 valence electrons. The number of hydrogen-bond acceptors (Lipinski definition) is 7. The van der Waals surface area contributed by atoms with Crippen molar-refractivity contribution in [3.8, 4) is 11.5 Å². The molecule has 1 atom stereocenters. The molecule has 42 heavy (non-hydrogen) atoms. The minimum Gasteiger partial charge on any atom is -0.493 e. The highest BCUT2D eigenvalue weighted by atomic mass is 16.5. The fraction of sp³-hybridized carbons (Fsp3) is 0.531. The molecule has 0 aliphatic carbocycles. The smallest absolute Gasteiger partial charge is 0.318 e. The van der Waals surface area contributed by atoms with Crippen molar-refractivity contribution in [3.05, 3.63) is 58.7 Å². The molecule has 0 bridgehead atoms. The zero-order valence-electron chi connectivity index (χ0n) is 26.0. The molecule has 0 radical (unpaired) electrons. The van der Waals surface area contributed by atoms with Gasteiger partial charge in [-0.3, -0.25) is 9.69 Å². The van der Waals surface area contributed by atoms with E-state index in [9.17, 15) is 9.59 Å². The molecule has 2 aromatic rings. The summed E-state index contributed by atoms with van der Waals surface area (Å²) in [4.78, 5) is 31.3. The lowest BCUT2D eigenvalue weighted by atomic mass is 9.96. The van der Waals surface area contributed by atoms with Crippen LogP contribution in [0.15, 0.2) is 41.5 Å². The van der Waals surface area contributed by atoms with Crippen molar-refractivity contribution in [2.75, 3.05) is 60.2 Å². The fourth-order valence-electron chi connectivity index (χ4n) is 5.13. The van der Waals surface area contributed by atoms with E-state index in [-0.39, 0.29) is 24.5 Å². The second-order valence-electron chi connectivity index (χ2n) is 12.0. The summed E-state index contributed by atoms with van der Waals surface area (Å²) in [5.41, 5.74) is 4.60. The first-order chi connectivity index (χ1) is 20.0. The third kappa shape index (κ3) is 7.80. The maximum absolute atomic E-state index is 14.0. The number of ether oxygens (including phenoxy) is 3. The van der Waals surface area contributed by atoms with E-state index in [1.807, 2.05) is 45.0 Å². The highest BCUT2D eigenvalue weighted by Crippen LogP contribution is 2.37. The van der Waals surface area contributed by atoms with Gasteiger partial charge in [-0.05, 0) is 75.1 Å². The van der Waals surface area contributed by atoms with Gasteiger partial charge < -0.3 is 24.4 Å². The van der Waals surface area contributed by atoms with Crippen LogP contribution in [0.5, 0.6) is 11.5 Å². The number of morpholine rings is 1. The number of nitrogens with one attached hydrogen (secondary N) is 1. The van der Waals surface area contributed by atoms with Crippen LogP contribution in [0.3, 0.4) is 0 Å². The number of benzene rings is 2. The third-order valence-corrected chi connectivity index (χ3v) is 7.68. The average molecular weight is 580 g/mol. The molecule has 2 heterocycles. The van der Waals surface area contributed by atoms with Crippen LogP contribution < -0.4 is 14.8 Å². The molecule has 2 aromatic carbocycles. The summed E-state index contributed by atoms with van der Waals surface area (Å²) in [6, 6.07) is 11.3. The van der Waals surface area contributed by atoms with E-state index in [0.29, 0.717) is 44.2 Å². The number of hydrogen-bond donors (Lipinski definition) is 1. The molecule has 10 nitrogen and oxygen atoms in total. The number of aryl methyl sites for hydroxylation is 2. The summed E-state index contributed by atoms with van der Waals surface area (Å²) >= 11 is 0. The van der Waals surface area contributed by atoms with Crippen molar-refractivity contribution in [1.29, 1.82) is 0 Å². The number of carbonyl (C=O) groups excluding carboxylic acids is 2. The van der Waals surface area contributed by atoms with Crippen LogP contribution in [0.4, 0.5) is 4.79 Å². The van der Waals surface area contributed by atoms with Gasteiger partial charge in [0, 0.05) is 38.1 Å². The number of rotatable bonds is 9. The number of nitrogens with zero attached hydrogens (tertiary/aromatic N) is 4. The van der Waals surface area contributed by atoms with E-state index in [1.54, 1.807) is 19.1 Å². The van der Waals surface area contributed by atoms with Crippen LogP contribution in [0, 0.1) is 13.8 Å². The molecular formula is C32H45N5O5. The molecule has 1 fully saturated rings. The van der Waals surface area contributed by atoms with Crippen molar-refractivity contribution >= 4 is 17.6 Å². The van der Waals surface area contributed by atoms with E-state index in [4.69, 9.17) is 19.3 Å². The Morgan fingerprint density at radius 1 is 1.02 bits per heavy atom. The summed E-state index contributed by atoms with van der Waals surface area (Å²) in [6.07, 6.45) is 0.533. The summed E-state index contributed by atoms with van der Waals surface area (Å²) in [7, 11) is 3.19. The van der Waals surface area contributed by atoms with E-state index in [0.717, 1.165) is 35.5 Å². The Balaban J connectivity index is 1.63. The van der Waals surface area contributed by atoms with Crippen LogP contribution in [-0.4, -0.2) is 98.2 Å². The van der Waals surface area contributed by atoms with Gasteiger partial charge in [-0.1, -0.05) is 18.2 Å². The minimum absolute atomic E-state index is 0.0975. The zero-order valence-corrected chi connectivity index (χ0v) is 26.0. The lowest BCUT2D eigenvalue weighted by molar-refractivity contribution is -0.133. The van der Waals surface area contributed by atoms with Crippen LogP contribution in [0.2, 0.25) is 0 Å². The van der Waals surface area contributed by atoms with Gasteiger partial charge in [-0.25, -0.2) is 9.80 Å². The highest BCUT2D eigenvalue weighted by Gasteiger charge is 2.35. The maximum Gasteiger partial charge on any atom is 0.318 e. The van der Waals surface area contributed by atoms with Crippen LogP contribution in [0.1, 0.15) is 55.5 Å². The van der Waals surface area contributed by atoms with E-state index < -0.39 is 5.54 Å². The van der Waals surface area contributed by atoms with Gasteiger partial charge in [0.2, 0.25) is 0 Å². The van der Waals surface area contributed by atoms with Gasteiger partial charge in [0.1, 0.15) is 6.54 Å². The van der Waals surface area contributed by atoms with Crippen LogP contribution in [-0.2, 0) is 9.53 Å². The fourth-order valence-corrected chi connectivity index (χ4v) is 5.13. The Labute approximate surface area is 249 Å². The molecule has 0 unspecified atom stereocenters. The lowest BCUT2D eigenvalue weighted by Crippen LogP contribution is -2.53.